The molecule has 2 aromatic carbocycles. The lowest BCUT2D eigenvalue weighted by Crippen LogP contribution is -2.33. The fourth-order valence-corrected chi connectivity index (χ4v) is 2.17. The molecular weight excluding hydrogens is 262 g/mol. The van der Waals surface area contributed by atoms with Gasteiger partial charge in [-0.1, -0.05) is 43.0 Å². The van der Waals surface area contributed by atoms with Crippen molar-refractivity contribution in [2.24, 2.45) is 0 Å². The van der Waals surface area contributed by atoms with Crippen molar-refractivity contribution in [2.75, 3.05) is 11.5 Å². The zero-order valence-electron chi connectivity index (χ0n) is 12.1. The number of ether oxygens (including phenoxy) is 1. The summed E-state index contributed by atoms with van der Waals surface area (Å²) in [6, 6.07) is 20.1. The number of esters is 1. The lowest BCUT2D eigenvalue weighted by Gasteiger charge is -2.31. The Morgan fingerprint density at radius 3 is 2.00 bits per heavy atom. The third kappa shape index (κ3) is 3.96. The van der Waals surface area contributed by atoms with Gasteiger partial charge in [0.05, 0.1) is 6.04 Å². The number of nitrogens with zero attached hydrogens (tertiary/aromatic N) is 1. The summed E-state index contributed by atoms with van der Waals surface area (Å²) in [6.07, 6.45) is 1.18. The summed E-state index contributed by atoms with van der Waals surface area (Å²) in [5.74, 6) is -0.400. The minimum atomic E-state index is -0.400. The number of carbonyl (C=O) groups excluding carboxylic acids is 1. The van der Waals surface area contributed by atoms with Crippen LogP contribution in [0.4, 0.5) is 11.4 Å². The van der Waals surface area contributed by atoms with Crippen LogP contribution in [0.1, 0.15) is 6.92 Å². The summed E-state index contributed by atoms with van der Waals surface area (Å²) in [6.45, 7) is 5.74. The smallest absolute Gasteiger partial charge is 0.330 e. The van der Waals surface area contributed by atoms with Crippen LogP contribution in [-0.4, -0.2) is 18.6 Å². The average Bonchev–Trinajstić information content (AvgIpc) is 2.55. The summed E-state index contributed by atoms with van der Waals surface area (Å²) < 4.78 is 5.18. The van der Waals surface area contributed by atoms with E-state index in [4.69, 9.17) is 4.74 Å². The largest absolute Gasteiger partial charge is 0.460 e. The molecular formula is C18H19NO2. The summed E-state index contributed by atoms with van der Waals surface area (Å²) in [5, 5.41) is 0. The van der Waals surface area contributed by atoms with Gasteiger partial charge in [-0.15, -0.1) is 0 Å². The zero-order chi connectivity index (χ0) is 15.1. The maximum atomic E-state index is 11.3. The molecule has 0 aliphatic heterocycles. The van der Waals surface area contributed by atoms with Crippen LogP contribution in [0.3, 0.4) is 0 Å². The molecule has 0 saturated carbocycles. The quantitative estimate of drug-likeness (QED) is 0.593. The Labute approximate surface area is 125 Å². The molecule has 3 nitrogen and oxygen atoms in total. The molecule has 2 aromatic rings. The Morgan fingerprint density at radius 1 is 1.10 bits per heavy atom. The number of para-hydroxylation sites is 2. The van der Waals surface area contributed by atoms with Crippen LogP contribution in [0.15, 0.2) is 73.3 Å². The molecule has 3 heteroatoms. The standard InChI is InChI=1S/C18H19NO2/c1-3-18(20)21-14-15(2)19(16-10-6-4-7-11-16)17-12-8-5-9-13-17/h3-13,15H,1,14H2,2H3. The van der Waals surface area contributed by atoms with E-state index >= 15 is 0 Å². The van der Waals surface area contributed by atoms with E-state index in [-0.39, 0.29) is 6.04 Å². The van der Waals surface area contributed by atoms with Crippen molar-refractivity contribution in [3.8, 4) is 0 Å². The fourth-order valence-electron chi connectivity index (χ4n) is 2.17. The van der Waals surface area contributed by atoms with Gasteiger partial charge in [0, 0.05) is 17.5 Å². The lowest BCUT2D eigenvalue weighted by atomic mass is 10.2. The summed E-state index contributed by atoms with van der Waals surface area (Å²) in [5.41, 5.74) is 2.12. The van der Waals surface area contributed by atoms with E-state index in [9.17, 15) is 4.79 Å². The SMILES string of the molecule is C=CC(=O)OCC(C)N(c1ccccc1)c1ccccc1. The molecule has 0 N–H and O–H groups in total. The lowest BCUT2D eigenvalue weighted by molar-refractivity contribution is -0.138. The highest BCUT2D eigenvalue weighted by molar-refractivity contribution is 5.81. The highest BCUT2D eigenvalue weighted by atomic mass is 16.5. The summed E-state index contributed by atoms with van der Waals surface area (Å²) >= 11 is 0. The van der Waals surface area contributed by atoms with Crippen molar-refractivity contribution in [1.82, 2.24) is 0 Å². The second kappa shape index (κ2) is 7.29. The fraction of sp³-hybridized carbons (Fsp3) is 0.167. The molecule has 1 atom stereocenters. The Hall–Kier alpha value is -2.55. The highest BCUT2D eigenvalue weighted by Gasteiger charge is 2.17. The molecule has 0 saturated heterocycles. The van der Waals surface area contributed by atoms with Gasteiger partial charge in [0.15, 0.2) is 0 Å². The van der Waals surface area contributed by atoms with Crippen molar-refractivity contribution in [3.05, 3.63) is 73.3 Å². The Morgan fingerprint density at radius 2 is 1.57 bits per heavy atom. The van der Waals surface area contributed by atoms with Crippen LogP contribution < -0.4 is 4.90 Å². The van der Waals surface area contributed by atoms with Gasteiger partial charge in [0.25, 0.3) is 0 Å². The number of rotatable bonds is 6. The number of benzene rings is 2. The van der Waals surface area contributed by atoms with Gasteiger partial charge < -0.3 is 9.64 Å². The normalized spacial score (nSPS) is 11.5. The highest BCUT2D eigenvalue weighted by Crippen LogP contribution is 2.27. The average molecular weight is 281 g/mol. The van der Waals surface area contributed by atoms with Gasteiger partial charge >= 0.3 is 5.97 Å². The van der Waals surface area contributed by atoms with Crippen LogP contribution in [0.5, 0.6) is 0 Å². The van der Waals surface area contributed by atoms with Gasteiger partial charge in [0.2, 0.25) is 0 Å². The third-order valence-electron chi connectivity index (χ3n) is 3.14. The molecule has 1 unspecified atom stereocenters. The van der Waals surface area contributed by atoms with Gasteiger partial charge in [-0.3, -0.25) is 0 Å². The van der Waals surface area contributed by atoms with Crippen molar-refractivity contribution in [1.29, 1.82) is 0 Å². The van der Waals surface area contributed by atoms with Gasteiger partial charge in [-0.05, 0) is 31.2 Å². The molecule has 0 amide bonds. The van der Waals surface area contributed by atoms with E-state index < -0.39 is 5.97 Å². The Balaban J connectivity index is 2.24. The minimum absolute atomic E-state index is 0.0127. The predicted molar refractivity (Wildman–Crippen MR) is 85.6 cm³/mol. The van der Waals surface area contributed by atoms with Gasteiger partial charge in [-0.2, -0.15) is 0 Å². The van der Waals surface area contributed by atoms with E-state index in [1.807, 2.05) is 67.6 Å². The number of carbonyl (C=O) groups is 1. The first-order valence-electron chi connectivity index (χ1n) is 6.91. The van der Waals surface area contributed by atoms with Crippen LogP contribution in [0.2, 0.25) is 0 Å². The van der Waals surface area contributed by atoms with Gasteiger partial charge in [0.1, 0.15) is 6.61 Å². The minimum Gasteiger partial charge on any atom is -0.460 e. The molecule has 2 rings (SSSR count). The molecule has 0 radical (unpaired) electrons. The second-order valence-electron chi connectivity index (χ2n) is 4.72. The van der Waals surface area contributed by atoms with Crippen LogP contribution in [0, 0.1) is 0 Å². The Kier molecular flexibility index (Phi) is 5.16. The van der Waals surface area contributed by atoms with E-state index in [2.05, 4.69) is 11.5 Å². The molecule has 21 heavy (non-hydrogen) atoms. The van der Waals surface area contributed by atoms with E-state index in [0.717, 1.165) is 11.4 Å². The maximum absolute atomic E-state index is 11.3. The molecule has 0 fully saturated rings. The number of hydrogen-bond donors (Lipinski definition) is 0. The van der Waals surface area contributed by atoms with Crippen molar-refractivity contribution in [2.45, 2.75) is 13.0 Å². The molecule has 108 valence electrons. The maximum Gasteiger partial charge on any atom is 0.330 e. The van der Waals surface area contributed by atoms with E-state index in [1.54, 1.807) is 0 Å². The molecule has 0 aromatic heterocycles. The third-order valence-corrected chi connectivity index (χ3v) is 3.14. The van der Waals surface area contributed by atoms with Crippen molar-refractivity contribution in [3.63, 3.8) is 0 Å². The van der Waals surface area contributed by atoms with Crippen LogP contribution >= 0.6 is 0 Å². The molecule has 0 heterocycles. The molecule has 0 bridgehead atoms. The summed E-state index contributed by atoms with van der Waals surface area (Å²) in [7, 11) is 0. The first-order chi connectivity index (χ1) is 10.2. The Bertz CT molecular complexity index is 541. The monoisotopic (exact) mass is 281 g/mol. The van der Waals surface area contributed by atoms with Gasteiger partial charge in [-0.25, -0.2) is 4.79 Å². The summed E-state index contributed by atoms with van der Waals surface area (Å²) in [4.78, 5) is 13.4. The van der Waals surface area contributed by atoms with Crippen LogP contribution in [-0.2, 0) is 9.53 Å². The topological polar surface area (TPSA) is 29.5 Å². The first-order valence-corrected chi connectivity index (χ1v) is 6.91. The number of anilines is 2. The zero-order valence-corrected chi connectivity index (χ0v) is 12.1. The molecule has 0 spiro atoms. The van der Waals surface area contributed by atoms with Crippen LogP contribution in [0.25, 0.3) is 0 Å². The molecule has 0 aliphatic carbocycles. The van der Waals surface area contributed by atoms with Crippen molar-refractivity contribution < 1.29 is 9.53 Å². The number of hydrogen-bond acceptors (Lipinski definition) is 3. The molecule has 0 aliphatic rings. The predicted octanol–water partition coefficient (Wildman–Crippen LogP) is 3.94. The van der Waals surface area contributed by atoms with Crippen molar-refractivity contribution >= 4 is 17.3 Å². The van der Waals surface area contributed by atoms with E-state index in [1.165, 1.54) is 6.08 Å². The second-order valence-corrected chi connectivity index (χ2v) is 4.72. The first kappa shape index (κ1) is 14.9. The van der Waals surface area contributed by atoms with E-state index in [0.29, 0.717) is 6.61 Å².